The molecule has 1 aromatic carbocycles. The molecule has 0 unspecified atom stereocenters. The Hall–Kier alpha value is -2.13. The molecule has 0 saturated carbocycles. The highest BCUT2D eigenvalue weighted by atomic mass is 32.2. The van der Waals surface area contributed by atoms with Crippen molar-refractivity contribution < 1.29 is 19.8 Å². The van der Waals surface area contributed by atoms with E-state index in [2.05, 4.69) is 10.6 Å². The molecule has 0 radical (unpaired) electrons. The van der Waals surface area contributed by atoms with Gasteiger partial charge in [0.2, 0.25) is 0 Å². The summed E-state index contributed by atoms with van der Waals surface area (Å²) in [6, 6.07) is 5.97. The summed E-state index contributed by atoms with van der Waals surface area (Å²) in [4.78, 5) is 37.3. The number of amides is 2. The van der Waals surface area contributed by atoms with E-state index in [4.69, 9.17) is 0 Å². The molecular formula is C19H27N4O4S+. The number of piperidine rings is 1. The molecule has 2 fully saturated rings. The lowest BCUT2D eigenvalue weighted by atomic mass is 10.0. The van der Waals surface area contributed by atoms with Crippen molar-refractivity contribution in [2.45, 2.75) is 50.1 Å². The van der Waals surface area contributed by atoms with Gasteiger partial charge in [-0.25, -0.2) is 0 Å². The number of nitrogens with two attached hydrogens (primary N) is 1. The number of hydrogen-bond acceptors (Lipinski definition) is 5. The normalized spacial score (nSPS) is 22.1. The third kappa shape index (κ3) is 4.47. The molecule has 2 aliphatic rings. The zero-order valence-corrected chi connectivity index (χ0v) is 17.0. The number of quaternary nitrogens is 1. The number of benzene rings is 1. The van der Waals surface area contributed by atoms with Crippen molar-refractivity contribution in [3.05, 3.63) is 39.9 Å². The quantitative estimate of drug-likeness (QED) is 0.562. The number of thioether (sulfide) groups is 1. The van der Waals surface area contributed by atoms with Crippen molar-refractivity contribution in [1.82, 2.24) is 10.2 Å². The Morgan fingerprint density at radius 3 is 2.79 bits per heavy atom. The first-order valence-electron chi connectivity index (χ1n) is 9.67. The Labute approximate surface area is 168 Å². The highest BCUT2D eigenvalue weighted by Crippen LogP contribution is 2.34. The van der Waals surface area contributed by atoms with Gasteiger partial charge in [0, 0.05) is 49.7 Å². The Kier molecular flexibility index (Phi) is 6.24. The average molecular weight is 408 g/mol. The summed E-state index contributed by atoms with van der Waals surface area (Å²) in [5, 5.41) is 16.2. The standard InChI is InChI=1S/C19H26N4O4S/c1-3-13(2)20-17(24)16-12-28-19(21-16)7-9-22(10-8-19)18(25)14-5-4-6-15(11-14)23(26)27/h4-6,11,13,16,21H,3,7-10,12H2,1-2H3,(H,20,24)/p+1/t13-,16-/m1/s1. The largest absolute Gasteiger partial charge is 0.348 e. The first-order valence-corrected chi connectivity index (χ1v) is 10.7. The smallest absolute Gasteiger partial charge is 0.279 e. The summed E-state index contributed by atoms with van der Waals surface area (Å²) in [6.45, 7) is 5.23. The lowest BCUT2D eigenvalue weighted by Crippen LogP contribution is -3.00. The van der Waals surface area contributed by atoms with E-state index in [9.17, 15) is 19.7 Å². The number of rotatable bonds is 5. The summed E-state index contributed by atoms with van der Waals surface area (Å²) in [5.74, 6) is 0.697. The molecule has 2 heterocycles. The number of non-ortho nitro benzene ring substituents is 1. The molecule has 2 amide bonds. The fourth-order valence-electron chi connectivity index (χ4n) is 3.66. The van der Waals surface area contributed by atoms with Gasteiger partial charge >= 0.3 is 0 Å². The SMILES string of the molecule is CC[C@@H](C)NC(=O)[C@H]1CSC2(CCN(C(=O)c3cccc([N+](=O)[O-])c3)CC2)[NH2+]1. The predicted octanol–water partition coefficient (Wildman–Crippen LogP) is 1.12. The topological polar surface area (TPSA) is 109 Å². The summed E-state index contributed by atoms with van der Waals surface area (Å²) in [6.07, 6.45) is 2.50. The number of nitro benzene ring substituents is 1. The van der Waals surface area contributed by atoms with Crippen molar-refractivity contribution in [3.8, 4) is 0 Å². The molecule has 28 heavy (non-hydrogen) atoms. The van der Waals surface area contributed by atoms with E-state index in [0.717, 1.165) is 25.0 Å². The summed E-state index contributed by atoms with van der Waals surface area (Å²) in [7, 11) is 0. The monoisotopic (exact) mass is 407 g/mol. The fraction of sp³-hybridized carbons (Fsp3) is 0.579. The number of nitrogens with zero attached hydrogens (tertiary/aromatic N) is 2. The van der Waals surface area contributed by atoms with E-state index in [0.29, 0.717) is 18.7 Å². The van der Waals surface area contributed by atoms with Crippen molar-refractivity contribution in [2.75, 3.05) is 18.8 Å². The Morgan fingerprint density at radius 2 is 2.14 bits per heavy atom. The van der Waals surface area contributed by atoms with E-state index in [1.807, 2.05) is 25.6 Å². The lowest BCUT2D eigenvalue weighted by Gasteiger charge is -2.36. The van der Waals surface area contributed by atoms with Gasteiger partial charge in [0.25, 0.3) is 17.5 Å². The predicted molar refractivity (Wildman–Crippen MR) is 107 cm³/mol. The molecule has 152 valence electrons. The van der Waals surface area contributed by atoms with Gasteiger partial charge in [0.1, 0.15) is 4.87 Å². The van der Waals surface area contributed by atoms with Crippen LogP contribution >= 0.6 is 11.8 Å². The van der Waals surface area contributed by atoms with Crippen LogP contribution < -0.4 is 10.6 Å². The van der Waals surface area contributed by atoms with E-state index in [-0.39, 0.29) is 34.5 Å². The van der Waals surface area contributed by atoms with Crippen LogP contribution in [0.15, 0.2) is 24.3 Å². The summed E-state index contributed by atoms with van der Waals surface area (Å²) in [5.41, 5.74) is 0.271. The molecule has 0 aromatic heterocycles. The molecule has 2 saturated heterocycles. The van der Waals surface area contributed by atoms with Gasteiger partial charge in [-0.05, 0) is 19.4 Å². The highest BCUT2D eigenvalue weighted by molar-refractivity contribution is 8.00. The molecule has 2 aliphatic heterocycles. The second kappa shape index (κ2) is 8.48. The summed E-state index contributed by atoms with van der Waals surface area (Å²) < 4.78 is 0. The molecule has 3 rings (SSSR count). The van der Waals surface area contributed by atoms with Gasteiger partial charge < -0.3 is 15.5 Å². The van der Waals surface area contributed by atoms with E-state index in [1.54, 1.807) is 11.0 Å². The second-order valence-electron chi connectivity index (χ2n) is 7.57. The Balaban J connectivity index is 1.57. The zero-order valence-electron chi connectivity index (χ0n) is 16.2. The van der Waals surface area contributed by atoms with Gasteiger partial charge in [-0.3, -0.25) is 19.7 Å². The zero-order chi connectivity index (χ0) is 20.3. The van der Waals surface area contributed by atoms with Crippen molar-refractivity contribution in [1.29, 1.82) is 0 Å². The maximum absolute atomic E-state index is 12.7. The number of carbonyl (C=O) groups excluding carboxylic acids is 2. The first kappa shape index (κ1) is 20.6. The minimum atomic E-state index is -0.489. The molecular weight excluding hydrogens is 380 g/mol. The first-order chi connectivity index (χ1) is 13.3. The number of nitro groups is 1. The van der Waals surface area contributed by atoms with Crippen LogP contribution in [0.3, 0.4) is 0 Å². The van der Waals surface area contributed by atoms with Crippen LogP contribution in [0.5, 0.6) is 0 Å². The van der Waals surface area contributed by atoms with Crippen molar-refractivity contribution in [2.24, 2.45) is 0 Å². The maximum Gasteiger partial charge on any atom is 0.279 e. The number of likely N-dealkylation sites (tertiary alicyclic amines) is 1. The molecule has 3 N–H and O–H groups in total. The van der Waals surface area contributed by atoms with Crippen LogP contribution in [0.2, 0.25) is 0 Å². The van der Waals surface area contributed by atoms with Gasteiger partial charge in [-0.1, -0.05) is 24.8 Å². The average Bonchev–Trinajstić information content (AvgIpc) is 3.11. The van der Waals surface area contributed by atoms with Crippen LogP contribution in [0, 0.1) is 10.1 Å². The van der Waals surface area contributed by atoms with Gasteiger partial charge in [0.05, 0.1) is 10.7 Å². The minimum absolute atomic E-state index is 0.0586. The molecule has 1 aromatic rings. The Morgan fingerprint density at radius 1 is 1.43 bits per heavy atom. The highest BCUT2D eigenvalue weighted by Gasteiger charge is 2.48. The van der Waals surface area contributed by atoms with Crippen LogP contribution in [0.4, 0.5) is 5.69 Å². The third-order valence-corrected chi connectivity index (χ3v) is 7.24. The van der Waals surface area contributed by atoms with Crippen LogP contribution in [0.25, 0.3) is 0 Å². The fourth-order valence-corrected chi connectivity index (χ4v) is 5.15. The molecule has 1 spiro atoms. The molecule has 0 aliphatic carbocycles. The molecule has 9 heteroatoms. The Bertz CT molecular complexity index is 764. The molecule has 8 nitrogen and oxygen atoms in total. The van der Waals surface area contributed by atoms with Gasteiger partial charge in [-0.15, -0.1) is 0 Å². The summed E-state index contributed by atoms with van der Waals surface area (Å²) >= 11 is 1.81. The van der Waals surface area contributed by atoms with E-state index in [1.165, 1.54) is 18.2 Å². The van der Waals surface area contributed by atoms with Crippen molar-refractivity contribution >= 4 is 29.3 Å². The van der Waals surface area contributed by atoms with Gasteiger partial charge in [0.15, 0.2) is 6.04 Å². The number of nitrogens with one attached hydrogen (secondary N) is 1. The maximum atomic E-state index is 12.7. The van der Waals surface area contributed by atoms with Gasteiger partial charge in [-0.2, -0.15) is 0 Å². The van der Waals surface area contributed by atoms with Crippen molar-refractivity contribution in [3.63, 3.8) is 0 Å². The molecule has 2 atom stereocenters. The lowest BCUT2D eigenvalue weighted by molar-refractivity contribution is -0.714. The van der Waals surface area contributed by atoms with E-state index >= 15 is 0 Å². The van der Waals surface area contributed by atoms with Crippen LogP contribution in [-0.4, -0.2) is 57.4 Å². The number of hydrogen-bond donors (Lipinski definition) is 2. The van der Waals surface area contributed by atoms with Crippen LogP contribution in [-0.2, 0) is 4.79 Å². The molecule has 0 bridgehead atoms. The third-order valence-electron chi connectivity index (χ3n) is 5.59. The number of carbonyl (C=O) groups is 2. The van der Waals surface area contributed by atoms with Crippen LogP contribution in [0.1, 0.15) is 43.5 Å². The second-order valence-corrected chi connectivity index (χ2v) is 9.00. The minimum Gasteiger partial charge on any atom is -0.348 e. The van der Waals surface area contributed by atoms with E-state index < -0.39 is 4.92 Å².